The number of halogens is 1. The maximum Gasteiger partial charge on any atom is 0.404 e. The van der Waals surface area contributed by atoms with Gasteiger partial charge in [0.15, 0.2) is 0 Å². The number of thiophene rings is 1. The molecule has 1 aliphatic rings. The first-order chi connectivity index (χ1) is 13.5. The number of hydrogen-bond donors (Lipinski definition) is 1. The van der Waals surface area contributed by atoms with Crippen molar-refractivity contribution in [2.24, 2.45) is 11.3 Å². The third-order valence-electron chi connectivity index (χ3n) is 5.44. The maximum atomic E-state index is 12.6. The van der Waals surface area contributed by atoms with Crippen LogP contribution in [0, 0.1) is 39.7 Å². The molecule has 1 amide bonds. The molecule has 0 aliphatic heterocycles. The van der Waals surface area contributed by atoms with E-state index in [-0.39, 0.29) is 28.2 Å². The molecule has 0 saturated carbocycles. The first-order valence-corrected chi connectivity index (χ1v) is 10.9. The Morgan fingerprint density at radius 3 is 2.76 bits per heavy atom. The fourth-order valence-corrected chi connectivity index (χ4v) is 5.34. The summed E-state index contributed by atoms with van der Waals surface area (Å²) in [5, 5.41) is 27.9. The molecule has 2 heterocycles. The number of nitro groups is 1. The molecular weight excluding hydrogens is 458 g/mol. The number of anilines is 1. The maximum absolute atomic E-state index is 12.6. The number of nitrogens with zero attached hydrogens (tertiary/aromatic N) is 4. The van der Waals surface area contributed by atoms with E-state index in [2.05, 4.69) is 53.2 Å². The van der Waals surface area contributed by atoms with E-state index in [1.165, 1.54) is 16.0 Å². The molecule has 0 fully saturated rings. The Morgan fingerprint density at radius 1 is 1.52 bits per heavy atom. The van der Waals surface area contributed by atoms with Crippen LogP contribution in [-0.2, 0) is 24.2 Å². The number of amides is 1. The molecule has 1 aliphatic carbocycles. The SMILES string of the molecule is Cc1c(Br)c([N+](=O)[O-])nn1CC(=O)Nc1sc2c(c1C#N)CCC(C(C)(C)C)C2. The molecule has 154 valence electrons. The molecule has 0 radical (unpaired) electrons. The lowest BCUT2D eigenvalue weighted by Gasteiger charge is -2.33. The summed E-state index contributed by atoms with van der Waals surface area (Å²) in [7, 11) is 0. The molecule has 0 saturated heterocycles. The molecule has 1 unspecified atom stereocenters. The van der Waals surface area contributed by atoms with E-state index in [0.29, 0.717) is 22.2 Å². The number of carbonyl (C=O) groups is 1. The van der Waals surface area contributed by atoms with Gasteiger partial charge in [-0.3, -0.25) is 4.79 Å². The Hall–Kier alpha value is -2.25. The van der Waals surface area contributed by atoms with Crippen molar-refractivity contribution in [2.75, 3.05) is 5.32 Å². The average Bonchev–Trinajstić information content (AvgIpc) is 3.11. The van der Waals surface area contributed by atoms with E-state index < -0.39 is 4.92 Å². The van der Waals surface area contributed by atoms with Gasteiger partial charge in [-0.15, -0.1) is 11.3 Å². The lowest BCUT2D eigenvalue weighted by Crippen LogP contribution is -2.26. The van der Waals surface area contributed by atoms with Gasteiger partial charge in [0.1, 0.15) is 22.1 Å². The van der Waals surface area contributed by atoms with Crippen LogP contribution in [0.4, 0.5) is 10.8 Å². The number of nitrogens with one attached hydrogen (secondary N) is 1. The van der Waals surface area contributed by atoms with Crippen molar-refractivity contribution in [3.05, 3.63) is 36.3 Å². The molecular formula is C19H22BrN5O3S. The number of hydrogen-bond acceptors (Lipinski definition) is 6. The Labute approximate surface area is 181 Å². The summed E-state index contributed by atoms with van der Waals surface area (Å²) in [4.78, 5) is 24.2. The van der Waals surface area contributed by atoms with Gasteiger partial charge in [0.05, 0.1) is 16.4 Å². The highest BCUT2D eigenvalue weighted by Crippen LogP contribution is 2.44. The molecule has 0 bridgehead atoms. The van der Waals surface area contributed by atoms with E-state index >= 15 is 0 Å². The van der Waals surface area contributed by atoms with Crippen LogP contribution in [-0.4, -0.2) is 20.6 Å². The van der Waals surface area contributed by atoms with Gasteiger partial charge in [-0.25, -0.2) is 0 Å². The Morgan fingerprint density at radius 2 is 2.21 bits per heavy atom. The fourth-order valence-electron chi connectivity index (χ4n) is 3.61. The lowest BCUT2D eigenvalue weighted by molar-refractivity contribution is -0.390. The summed E-state index contributed by atoms with van der Waals surface area (Å²) >= 11 is 4.60. The Bertz CT molecular complexity index is 1030. The molecule has 10 heteroatoms. The first kappa shape index (κ1) is 21.5. The number of fused-ring (bicyclic) bond motifs is 1. The molecule has 3 rings (SSSR count). The van der Waals surface area contributed by atoms with Gasteiger partial charge in [-0.2, -0.15) is 9.94 Å². The summed E-state index contributed by atoms with van der Waals surface area (Å²) in [5.41, 5.74) is 2.26. The van der Waals surface area contributed by atoms with Crippen molar-refractivity contribution in [2.45, 2.75) is 53.5 Å². The molecule has 2 aromatic rings. The first-order valence-electron chi connectivity index (χ1n) is 9.24. The van der Waals surface area contributed by atoms with Crippen LogP contribution in [0.5, 0.6) is 0 Å². The Kier molecular flexibility index (Phi) is 5.83. The van der Waals surface area contributed by atoms with Crippen LogP contribution in [0.15, 0.2) is 4.47 Å². The van der Waals surface area contributed by atoms with Crippen LogP contribution in [0.3, 0.4) is 0 Å². The summed E-state index contributed by atoms with van der Waals surface area (Å²) in [6.07, 6.45) is 2.77. The minimum absolute atomic E-state index is 0.170. The molecule has 8 nitrogen and oxygen atoms in total. The second-order valence-corrected chi connectivity index (χ2v) is 10.2. The van der Waals surface area contributed by atoms with Crippen molar-refractivity contribution in [1.29, 1.82) is 5.26 Å². The largest absolute Gasteiger partial charge is 0.404 e. The van der Waals surface area contributed by atoms with Gasteiger partial charge < -0.3 is 15.4 Å². The quantitative estimate of drug-likeness (QED) is 0.508. The topological polar surface area (TPSA) is 114 Å². The van der Waals surface area contributed by atoms with E-state index in [0.717, 1.165) is 29.7 Å². The van der Waals surface area contributed by atoms with Crippen LogP contribution >= 0.6 is 27.3 Å². The van der Waals surface area contributed by atoms with Crippen molar-refractivity contribution in [3.8, 4) is 6.07 Å². The highest BCUT2D eigenvalue weighted by molar-refractivity contribution is 9.10. The summed E-state index contributed by atoms with van der Waals surface area (Å²) in [5.74, 6) is -0.165. The summed E-state index contributed by atoms with van der Waals surface area (Å²) in [6.45, 7) is 8.17. The van der Waals surface area contributed by atoms with Gasteiger partial charge in [0.2, 0.25) is 5.91 Å². The average molecular weight is 480 g/mol. The summed E-state index contributed by atoms with van der Waals surface area (Å²) in [6, 6.07) is 2.24. The van der Waals surface area contributed by atoms with Gasteiger partial charge in [-0.05, 0) is 63.9 Å². The van der Waals surface area contributed by atoms with Crippen LogP contribution < -0.4 is 5.32 Å². The zero-order chi connectivity index (χ0) is 21.5. The van der Waals surface area contributed by atoms with Crippen LogP contribution in [0.25, 0.3) is 0 Å². The van der Waals surface area contributed by atoms with Crippen LogP contribution in [0.1, 0.15) is 48.9 Å². The summed E-state index contributed by atoms with van der Waals surface area (Å²) < 4.78 is 1.54. The fraction of sp³-hybridized carbons (Fsp3) is 0.526. The minimum Gasteiger partial charge on any atom is -0.358 e. The van der Waals surface area contributed by atoms with Crippen molar-refractivity contribution in [1.82, 2.24) is 9.78 Å². The molecule has 2 aromatic heterocycles. The van der Waals surface area contributed by atoms with Crippen LogP contribution in [0.2, 0.25) is 0 Å². The number of carbonyl (C=O) groups excluding carboxylic acids is 1. The van der Waals surface area contributed by atoms with Crippen molar-refractivity contribution in [3.63, 3.8) is 0 Å². The zero-order valence-corrected chi connectivity index (χ0v) is 19.1. The van der Waals surface area contributed by atoms with Gasteiger partial charge in [0.25, 0.3) is 0 Å². The molecule has 0 spiro atoms. The molecule has 1 N–H and O–H groups in total. The van der Waals surface area contributed by atoms with Gasteiger partial charge in [-0.1, -0.05) is 20.8 Å². The van der Waals surface area contributed by atoms with Crippen molar-refractivity contribution < 1.29 is 9.72 Å². The standard InChI is InChI=1S/C19H22BrN5O3S/c1-10-16(20)17(25(27)28)23-24(10)9-15(26)22-18-13(8-21)12-6-5-11(19(2,3)4)7-14(12)29-18/h11H,5-7,9H2,1-4H3,(H,22,26). The number of nitriles is 1. The van der Waals surface area contributed by atoms with Crippen molar-refractivity contribution >= 4 is 44.0 Å². The number of aromatic nitrogens is 2. The molecule has 1 atom stereocenters. The van der Waals surface area contributed by atoms with E-state index in [1.807, 2.05) is 0 Å². The smallest absolute Gasteiger partial charge is 0.358 e. The third kappa shape index (κ3) is 4.21. The van der Waals surface area contributed by atoms with E-state index in [4.69, 9.17) is 0 Å². The predicted molar refractivity (Wildman–Crippen MR) is 114 cm³/mol. The minimum atomic E-state index is -0.599. The second kappa shape index (κ2) is 7.88. The highest BCUT2D eigenvalue weighted by Gasteiger charge is 2.32. The Balaban J connectivity index is 1.80. The molecule has 29 heavy (non-hydrogen) atoms. The van der Waals surface area contributed by atoms with Gasteiger partial charge >= 0.3 is 5.82 Å². The van der Waals surface area contributed by atoms with Gasteiger partial charge in [0, 0.05) is 4.88 Å². The third-order valence-corrected chi connectivity index (χ3v) is 7.54. The zero-order valence-electron chi connectivity index (χ0n) is 16.7. The monoisotopic (exact) mass is 479 g/mol. The lowest BCUT2D eigenvalue weighted by atomic mass is 9.72. The van der Waals surface area contributed by atoms with E-state index in [1.54, 1.807) is 6.92 Å². The van der Waals surface area contributed by atoms with E-state index in [9.17, 15) is 20.2 Å². The second-order valence-electron chi connectivity index (χ2n) is 8.31. The predicted octanol–water partition coefficient (Wildman–Crippen LogP) is 4.59. The number of rotatable bonds is 4. The molecule has 0 aromatic carbocycles. The highest BCUT2D eigenvalue weighted by atomic mass is 79.9. The normalized spacial score (nSPS) is 16.2.